The minimum Gasteiger partial charge on any atom is -0.468 e. The zero-order chi connectivity index (χ0) is 11.5. The molecule has 1 aliphatic carbocycles. The van der Waals surface area contributed by atoms with Crippen LogP contribution in [0.15, 0.2) is 23.8 Å². The Bertz CT molecular complexity index is 340. The van der Waals surface area contributed by atoms with Crippen LogP contribution in [-0.4, -0.2) is 26.2 Å². The van der Waals surface area contributed by atoms with E-state index < -0.39 is 11.4 Å². The minimum absolute atomic E-state index is 0.389. The lowest BCUT2D eigenvalue weighted by molar-refractivity contribution is -0.146. The van der Waals surface area contributed by atoms with Crippen LogP contribution >= 0.6 is 0 Å². The Hall–Kier alpha value is -1.58. The van der Waals surface area contributed by atoms with Crippen molar-refractivity contribution in [2.45, 2.75) is 13.3 Å². The summed E-state index contributed by atoms with van der Waals surface area (Å²) in [5.41, 5.74) is -0.385. The number of rotatable bonds is 2. The fourth-order valence-electron chi connectivity index (χ4n) is 1.52. The maximum absolute atomic E-state index is 11.5. The lowest BCUT2D eigenvalue weighted by atomic mass is 9.83. The van der Waals surface area contributed by atoms with Gasteiger partial charge in [0.05, 0.1) is 14.2 Å². The van der Waals surface area contributed by atoms with Crippen LogP contribution in [0.4, 0.5) is 0 Å². The maximum atomic E-state index is 11.5. The molecule has 0 aromatic carbocycles. The van der Waals surface area contributed by atoms with Crippen LogP contribution in [0.2, 0.25) is 0 Å². The summed E-state index contributed by atoms with van der Waals surface area (Å²) in [6, 6.07) is 0. The van der Waals surface area contributed by atoms with Crippen LogP contribution < -0.4 is 0 Å². The Kier molecular flexibility index (Phi) is 3.29. The molecular weight excluding hydrogens is 196 g/mol. The predicted octanol–water partition coefficient (Wildman–Crippen LogP) is 1.22. The quantitative estimate of drug-likeness (QED) is 0.508. The Morgan fingerprint density at radius 3 is 2.53 bits per heavy atom. The van der Waals surface area contributed by atoms with Crippen LogP contribution in [0.5, 0.6) is 0 Å². The number of esters is 2. The molecule has 1 aliphatic rings. The second-order valence-electron chi connectivity index (χ2n) is 3.54. The Morgan fingerprint density at radius 2 is 2.00 bits per heavy atom. The summed E-state index contributed by atoms with van der Waals surface area (Å²) in [7, 11) is 2.64. The molecule has 1 rings (SSSR count). The summed E-state index contributed by atoms with van der Waals surface area (Å²) < 4.78 is 9.27. The van der Waals surface area contributed by atoms with Crippen LogP contribution in [0.3, 0.4) is 0 Å². The molecule has 0 saturated carbocycles. The van der Waals surface area contributed by atoms with Crippen molar-refractivity contribution >= 4 is 11.9 Å². The van der Waals surface area contributed by atoms with Gasteiger partial charge >= 0.3 is 11.9 Å². The molecule has 0 radical (unpaired) electrons. The van der Waals surface area contributed by atoms with Gasteiger partial charge in [0.1, 0.15) is 5.41 Å². The van der Waals surface area contributed by atoms with Crippen molar-refractivity contribution in [1.29, 1.82) is 0 Å². The van der Waals surface area contributed by atoms with Crippen molar-refractivity contribution in [2.75, 3.05) is 14.2 Å². The number of methoxy groups -OCH3 is 2. The predicted molar refractivity (Wildman–Crippen MR) is 54.0 cm³/mol. The van der Waals surface area contributed by atoms with E-state index in [9.17, 15) is 9.59 Å². The van der Waals surface area contributed by atoms with E-state index >= 15 is 0 Å². The third-order valence-corrected chi connectivity index (χ3v) is 2.35. The van der Waals surface area contributed by atoms with E-state index in [1.165, 1.54) is 14.2 Å². The van der Waals surface area contributed by atoms with Crippen molar-refractivity contribution < 1.29 is 19.1 Å². The first-order valence-electron chi connectivity index (χ1n) is 4.59. The number of ether oxygens (including phenoxy) is 2. The van der Waals surface area contributed by atoms with Gasteiger partial charge in [0.2, 0.25) is 0 Å². The first-order valence-corrected chi connectivity index (χ1v) is 4.59. The average molecular weight is 210 g/mol. The second kappa shape index (κ2) is 4.29. The molecule has 15 heavy (non-hydrogen) atoms. The molecule has 1 unspecified atom stereocenters. The monoisotopic (exact) mass is 210 g/mol. The maximum Gasteiger partial charge on any atom is 0.333 e. The standard InChI is InChI=1S/C11H14O4/c1-11(10(13)15-3)6-4-5-8(7-11)9(12)14-2/h4,6-7H,5H2,1-3H3. The first-order chi connectivity index (χ1) is 7.03. The van der Waals surface area contributed by atoms with Gasteiger partial charge in [0.25, 0.3) is 0 Å². The average Bonchev–Trinajstić information content (AvgIpc) is 2.26. The van der Waals surface area contributed by atoms with Crippen LogP contribution in [0.25, 0.3) is 0 Å². The van der Waals surface area contributed by atoms with Crippen molar-refractivity contribution in [1.82, 2.24) is 0 Å². The largest absolute Gasteiger partial charge is 0.468 e. The van der Waals surface area contributed by atoms with Crippen molar-refractivity contribution in [3.05, 3.63) is 23.8 Å². The van der Waals surface area contributed by atoms with Gasteiger partial charge in [-0.1, -0.05) is 18.2 Å². The fraction of sp³-hybridized carbons (Fsp3) is 0.455. The minimum atomic E-state index is -0.865. The van der Waals surface area contributed by atoms with E-state index in [-0.39, 0.29) is 5.97 Å². The van der Waals surface area contributed by atoms with E-state index in [1.54, 1.807) is 25.2 Å². The summed E-state index contributed by atoms with van der Waals surface area (Å²) in [6.07, 6.45) is 5.57. The van der Waals surface area contributed by atoms with Crippen LogP contribution in [-0.2, 0) is 19.1 Å². The highest BCUT2D eigenvalue weighted by atomic mass is 16.5. The summed E-state index contributed by atoms with van der Waals surface area (Å²) in [5, 5.41) is 0. The summed E-state index contributed by atoms with van der Waals surface area (Å²) in [6.45, 7) is 1.69. The van der Waals surface area contributed by atoms with E-state index in [0.29, 0.717) is 12.0 Å². The SMILES string of the molecule is COC(=O)C1=CC(C)(C(=O)OC)C=CC1. The van der Waals surface area contributed by atoms with Crippen molar-refractivity contribution in [2.24, 2.45) is 5.41 Å². The van der Waals surface area contributed by atoms with Gasteiger partial charge in [-0.3, -0.25) is 4.79 Å². The van der Waals surface area contributed by atoms with Gasteiger partial charge < -0.3 is 9.47 Å². The molecule has 1 atom stereocenters. The zero-order valence-corrected chi connectivity index (χ0v) is 9.07. The smallest absolute Gasteiger partial charge is 0.333 e. The van der Waals surface area contributed by atoms with Gasteiger partial charge in [-0.05, 0) is 13.3 Å². The summed E-state index contributed by atoms with van der Waals surface area (Å²) >= 11 is 0. The lowest BCUT2D eigenvalue weighted by Crippen LogP contribution is -2.27. The molecule has 0 spiro atoms. The highest BCUT2D eigenvalue weighted by Gasteiger charge is 2.32. The summed E-state index contributed by atoms with van der Waals surface area (Å²) in [4.78, 5) is 22.8. The molecule has 0 heterocycles. The van der Waals surface area contributed by atoms with Gasteiger partial charge in [0, 0.05) is 5.57 Å². The van der Waals surface area contributed by atoms with Crippen molar-refractivity contribution in [3.63, 3.8) is 0 Å². The molecule has 0 amide bonds. The molecule has 4 heteroatoms. The first kappa shape index (κ1) is 11.5. The Labute approximate surface area is 88.6 Å². The molecule has 0 aromatic rings. The number of allylic oxidation sites excluding steroid dienone is 1. The highest BCUT2D eigenvalue weighted by Crippen LogP contribution is 2.29. The molecule has 82 valence electrons. The Balaban J connectivity index is 2.97. The normalized spacial score (nSPS) is 24.3. The highest BCUT2D eigenvalue weighted by molar-refractivity contribution is 5.92. The van der Waals surface area contributed by atoms with E-state index in [2.05, 4.69) is 9.47 Å². The molecule has 0 fully saturated rings. The number of hydrogen-bond acceptors (Lipinski definition) is 4. The van der Waals surface area contributed by atoms with Crippen LogP contribution in [0, 0.1) is 5.41 Å². The lowest BCUT2D eigenvalue weighted by Gasteiger charge is -2.23. The molecule has 4 nitrogen and oxygen atoms in total. The van der Waals surface area contributed by atoms with Gasteiger partial charge in [0.15, 0.2) is 0 Å². The van der Waals surface area contributed by atoms with Crippen molar-refractivity contribution in [3.8, 4) is 0 Å². The third kappa shape index (κ3) is 2.26. The topological polar surface area (TPSA) is 52.6 Å². The van der Waals surface area contributed by atoms with E-state index in [0.717, 1.165) is 0 Å². The van der Waals surface area contributed by atoms with Gasteiger partial charge in [-0.2, -0.15) is 0 Å². The molecule has 0 bridgehead atoms. The van der Waals surface area contributed by atoms with E-state index in [4.69, 9.17) is 0 Å². The summed E-state index contributed by atoms with van der Waals surface area (Å²) in [5.74, 6) is -0.797. The number of carbonyl (C=O) groups excluding carboxylic acids is 2. The number of carbonyl (C=O) groups is 2. The molecular formula is C11H14O4. The van der Waals surface area contributed by atoms with E-state index in [1.807, 2.05) is 0 Å². The van der Waals surface area contributed by atoms with Gasteiger partial charge in [-0.15, -0.1) is 0 Å². The molecule has 0 aliphatic heterocycles. The number of hydrogen-bond donors (Lipinski definition) is 0. The molecule has 0 N–H and O–H groups in total. The molecule has 0 saturated heterocycles. The van der Waals surface area contributed by atoms with Gasteiger partial charge in [-0.25, -0.2) is 4.79 Å². The van der Waals surface area contributed by atoms with Crippen LogP contribution in [0.1, 0.15) is 13.3 Å². The third-order valence-electron chi connectivity index (χ3n) is 2.35. The zero-order valence-electron chi connectivity index (χ0n) is 9.07. The fourth-order valence-corrected chi connectivity index (χ4v) is 1.52. The Morgan fingerprint density at radius 1 is 1.33 bits per heavy atom. The second-order valence-corrected chi connectivity index (χ2v) is 3.54. The molecule has 0 aromatic heterocycles.